The minimum absolute atomic E-state index is 0.0614. The lowest BCUT2D eigenvalue weighted by molar-refractivity contribution is -0.119. The summed E-state index contributed by atoms with van der Waals surface area (Å²) in [6.07, 6.45) is 7.28. The number of carbonyl (C=O) groups excluding carboxylic acids is 2. The molecule has 192 valence electrons. The van der Waals surface area contributed by atoms with E-state index in [9.17, 15) is 18.0 Å². The van der Waals surface area contributed by atoms with Crippen LogP contribution in [0.4, 0.5) is 0 Å². The number of nitrogens with one attached hydrogen (secondary N) is 2. The van der Waals surface area contributed by atoms with E-state index >= 15 is 0 Å². The number of ketones is 1. The molecule has 4 rings (SSSR count). The van der Waals surface area contributed by atoms with Crippen LogP contribution in [0.1, 0.15) is 27.0 Å². The molecule has 0 aliphatic carbocycles. The zero-order chi connectivity index (χ0) is 26.8. The monoisotopic (exact) mass is 525 g/mol. The van der Waals surface area contributed by atoms with Gasteiger partial charge in [0.05, 0.1) is 17.5 Å². The van der Waals surface area contributed by atoms with Gasteiger partial charge in [0.1, 0.15) is 0 Å². The van der Waals surface area contributed by atoms with E-state index in [1.165, 1.54) is 12.1 Å². The van der Waals surface area contributed by atoms with E-state index in [4.69, 9.17) is 0 Å². The number of sulfonamides is 1. The number of hydrogen-bond donors (Lipinski definition) is 2. The predicted octanol–water partition coefficient (Wildman–Crippen LogP) is 4.14. The Morgan fingerprint density at radius 3 is 2.13 bits per heavy atom. The molecular weight excluding hydrogens is 498 g/mol. The van der Waals surface area contributed by atoms with Gasteiger partial charge in [-0.05, 0) is 53.4 Å². The standard InChI is InChI=1S/C30H27N3O4S/c34-29(22-32-38(36,37)26-12-5-2-6-13-26)28(21-24-9-3-1-4-10-24)33-30(35)27-14-8-7-11-25(27)16-15-23-17-19-31-20-18-23/h1-20,28,32H,21-22H2,(H,33,35)/t28-/m0/s1. The average molecular weight is 526 g/mol. The SMILES string of the molecule is O=C(N[C@@H](Cc1ccccc1)C(=O)CNS(=O)(=O)c1ccccc1)c1ccccc1C=Cc1ccncc1. The molecule has 1 heterocycles. The number of nitrogens with zero attached hydrogens (tertiary/aromatic N) is 1. The average Bonchev–Trinajstić information content (AvgIpc) is 2.96. The molecule has 4 aromatic rings. The Morgan fingerprint density at radius 2 is 1.42 bits per heavy atom. The fraction of sp³-hybridized carbons (Fsp3) is 0.100. The summed E-state index contributed by atoms with van der Waals surface area (Å²) in [5.41, 5.74) is 2.84. The van der Waals surface area contributed by atoms with Crippen molar-refractivity contribution in [3.8, 4) is 0 Å². The van der Waals surface area contributed by atoms with Gasteiger partial charge in [-0.2, -0.15) is 0 Å². The van der Waals surface area contributed by atoms with Crippen LogP contribution in [-0.4, -0.2) is 37.7 Å². The van der Waals surface area contributed by atoms with E-state index in [0.29, 0.717) is 11.1 Å². The van der Waals surface area contributed by atoms with Crippen LogP contribution >= 0.6 is 0 Å². The van der Waals surface area contributed by atoms with Gasteiger partial charge in [0.25, 0.3) is 5.91 Å². The van der Waals surface area contributed by atoms with Gasteiger partial charge in [-0.3, -0.25) is 14.6 Å². The third kappa shape index (κ3) is 7.32. The summed E-state index contributed by atoms with van der Waals surface area (Å²) in [5.74, 6) is -0.883. The van der Waals surface area contributed by atoms with Crippen molar-refractivity contribution in [2.45, 2.75) is 17.4 Å². The van der Waals surface area contributed by atoms with Crippen LogP contribution < -0.4 is 10.0 Å². The first-order valence-electron chi connectivity index (χ1n) is 12.0. The molecule has 8 heteroatoms. The molecular formula is C30H27N3O4S. The van der Waals surface area contributed by atoms with Crippen LogP contribution in [0.2, 0.25) is 0 Å². The lowest BCUT2D eigenvalue weighted by atomic mass is 10.0. The molecule has 0 aliphatic heterocycles. The molecule has 2 N–H and O–H groups in total. The second kappa shape index (κ2) is 12.7. The van der Waals surface area contributed by atoms with Crippen molar-refractivity contribution in [1.82, 2.24) is 15.0 Å². The van der Waals surface area contributed by atoms with Crippen molar-refractivity contribution in [2.75, 3.05) is 6.54 Å². The molecule has 0 saturated heterocycles. The van der Waals surface area contributed by atoms with Crippen LogP contribution in [0, 0.1) is 0 Å². The first-order chi connectivity index (χ1) is 18.4. The lowest BCUT2D eigenvalue weighted by Gasteiger charge is -2.19. The maximum atomic E-state index is 13.4. The van der Waals surface area contributed by atoms with Crippen molar-refractivity contribution in [3.63, 3.8) is 0 Å². The Bertz CT molecular complexity index is 1510. The minimum atomic E-state index is -3.88. The van der Waals surface area contributed by atoms with Gasteiger partial charge in [0.2, 0.25) is 10.0 Å². The smallest absolute Gasteiger partial charge is 0.252 e. The van der Waals surface area contributed by atoms with Crippen LogP contribution in [0.25, 0.3) is 12.2 Å². The van der Waals surface area contributed by atoms with Crippen molar-refractivity contribution in [1.29, 1.82) is 0 Å². The number of rotatable bonds is 11. The largest absolute Gasteiger partial charge is 0.342 e. The first kappa shape index (κ1) is 26.7. The Hall–Kier alpha value is -4.40. The third-order valence-corrected chi connectivity index (χ3v) is 7.25. The Labute approximate surface area is 222 Å². The van der Waals surface area contributed by atoms with Crippen molar-refractivity contribution in [2.24, 2.45) is 0 Å². The second-order valence-electron chi connectivity index (χ2n) is 8.52. The summed E-state index contributed by atoms with van der Waals surface area (Å²) in [6.45, 7) is -0.460. The highest BCUT2D eigenvalue weighted by Crippen LogP contribution is 2.15. The third-order valence-electron chi connectivity index (χ3n) is 5.83. The maximum absolute atomic E-state index is 13.4. The van der Waals surface area contributed by atoms with Gasteiger partial charge in [0, 0.05) is 18.0 Å². The number of amides is 1. The van der Waals surface area contributed by atoms with E-state index in [-0.39, 0.29) is 11.3 Å². The van der Waals surface area contributed by atoms with E-state index in [1.807, 2.05) is 66.7 Å². The van der Waals surface area contributed by atoms with Crippen molar-refractivity contribution < 1.29 is 18.0 Å². The Balaban J connectivity index is 1.53. The number of hydrogen-bond acceptors (Lipinski definition) is 5. The molecule has 3 aromatic carbocycles. The summed E-state index contributed by atoms with van der Waals surface area (Å²) in [7, 11) is -3.88. The van der Waals surface area contributed by atoms with E-state index < -0.39 is 34.3 Å². The Morgan fingerprint density at radius 1 is 0.789 bits per heavy atom. The van der Waals surface area contributed by atoms with E-state index in [0.717, 1.165) is 11.1 Å². The number of aromatic nitrogens is 1. The molecule has 0 radical (unpaired) electrons. The number of pyridine rings is 1. The fourth-order valence-corrected chi connectivity index (χ4v) is 4.83. The summed E-state index contributed by atoms with van der Waals surface area (Å²) < 4.78 is 27.6. The van der Waals surface area contributed by atoms with Crippen LogP contribution in [-0.2, 0) is 21.2 Å². The summed E-state index contributed by atoms with van der Waals surface area (Å²) in [4.78, 5) is 30.7. The minimum Gasteiger partial charge on any atom is -0.342 e. The van der Waals surface area contributed by atoms with Gasteiger partial charge in [-0.25, -0.2) is 13.1 Å². The highest BCUT2D eigenvalue weighted by molar-refractivity contribution is 7.89. The zero-order valence-electron chi connectivity index (χ0n) is 20.5. The molecule has 0 aliphatic rings. The van der Waals surface area contributed by atoms with Gasteiger partial charge < -0.3 is 5.32 Å². The molecule has 1 amide bonds. The highest BCUT2D eigenvalue weighted by Gasteiger charge is 2.24. The molecule has 0 spiro atoms. The first-order valence-corrected chi connectivity index (χ1v) is 13.5. The summed E-state index contributed by atoms with van der Waals surface area (Å²) in [6, 6.07) is 26.9. The summed E-state index contributed by atoms with van der Waals surface area (Å²) >= 11 is 0. The number of Topliss-reactive ketones (excluding diaryl/α,β-unsaturated/α-hetero) is 1. The van der Waals surface area contributed by atoms with Gasteiger partial charge in [-0.15, -0.1) is 0 Å². The van der Waals surface area contributed by atoms with Crippen molar-refractivity contribution in [3.05, 3.63) is 132 Å². The zero-order valence-corrected chi connectivity index (χ0v) is 21.3. The van der Waals surface area contributed by atoms with Crippen LogP contribution in [0.3, 0.4) is 0 Å². The number of benzene rings is 3. The van der Waals surface area contributed by atoms with E-state index in [1.54, 1.807) is 42.7 Å². The molecule has 1 atom stereocenters. The molecule has 0 unspecified atom stereocenters. The second-order valence-corrected chi connectivity index (χ2v) is 10.3. The normalized spacial score (nSPS) is 12.2. The quantitative estimate of drug-likeness (QED) is 0.306. The molecule has 0 bridgehead atoms. The highest BCUT2D eigenvalue weighted by atomic mass is 32.2. The van der Waals surface area contributed by atoms with Crippen molar-refractivity contribution >= 4 is 33.9 Å². The summed E-state index contributed by atoms with van der Waals surface area (Å²) in [5, 5.41) is 2.83. The molecule has 7 nitrogen and oxygen atoms in total. The van der Waals surface area contributed by atoms with Gasteiger partial charge in [-0.1, -0.05) is 78.9 Å². The lowest BCUT2D eigenvalue weighted by Crippen LogP contribution is -2.46. The molecule has 1 aromatic heterocycles. The molecule has 38 heavy (non-hydrogen) atoms. The molecule has 0 fully saturated rings. The maximum Gasteiger partial charge on any atom is 0.252 e. The van der Waals surface area contributed by atoms with Crippen LogP contribution in [0.15, 0.2) is 114 Å². The predicted molar refractivity (Wildman–Crippen MR) is 148 cm³/mol. The van der Waals surface area contributed by atoms with Gasteiger partial charge >= 0.3 is 0 Å². The van der Waals surface area contributed by atoms with E-state index in [2.05, 4.69) is 15.0 Å². The fourth-order valence-electron chi connectivity index (χ4n) is 3.81. The van der Waals surface area contributed by atoms with Gasteiger partial charge in [0.15, 0.2) is 5.78 Å². The Kier molecular flexibility index (Phi) is 8.92. The number of carbonyl (C=O) groups is 2. The topological polar surface area (TPSA) is 105 Å². The molecule has 0 saturated carbocycles. The van der Waals surface area contributed by atoms with Crippen LogP contribution in [0.5, 0.6) is 0 Å².